The predicted octanol–water partition coefficient (Wildman–Crippen LogP) is 5.68. The largest absolute Gasteiger partial charge is 0.457 e. The van der Waals surface area contributed by atoms with Crippen molar-refractivity contribution >= 4 is 35.8 Å². The van der Waals surface area contributed by atoms with Crippen LogP contribution in [0.5, 0.6) is 11.5 Å². The third kappa shape index (κ3) is 4.79. The zero-order valence-corrected chi connectivity index (χ0v) is 15.4. The molecule has 27 heavy (non-hydrogen) atoms. The number of ether oxygens (including phenoxy) is 1. The molecule has 0 saturated heterocycles. The van der Waals surface area contributed by atoms with E-state index in [9.17, 15) is 9.18 Å². The first kappa shape index (κ1) is 18.8. The lowest BCUT2D eigenvalue weighted by Crippen LogP contribution is -2.13. The van der Waals surface area contributed by atoms with Gasteiger partial charge in [0.15, 0.2) is 0 Å². The Morgan fingerprint density at radius 1 is 1.07 bits per heavy atom. The van der Waals surface area contributed by atoms with Gasteiger partial charge in [-0.05, 0) is 48.5 Å². The lowest BCUT2D eigenvalue weighted by atomic mass is 10.1. The van der Waals surface area contributed by atoms with E-state index in [4.69, 9.17) is 21.6 Å². The second-order valence-corrected chi connectivity index (χ2v) is 6.45. The monoisotopic (exact) mass is 398 g/mol. The molecular weight excluding hydrogens is 387 g/mol. The first-order chi connectivity index (χ1) is 12.9. The molecule has 3 rings (SSSR count). The molecule has 0 bridgehead atoms. The maximum Gasteiger partial charge on any atom is 0.256 e. The van der Waals surface area contributed by atoms with Gasteiger partial charge in [-0.3, -0.25) is 4.79 Å². The Balaban J connectivity index is 1.83. The zero-order valence-electron chi connectivity index (χ0n) is 13.7. The number of anilines is 1. The highest BCUT2D eigenvalue weighted by atomic mass is 35.5. The van der Waals surface area contributed by atoms with Crippen molar-refractivity contribution in [1.29, 1.82) is 5.26 Å². The van der Waals surface area contributed by atoms with Gasteiger partial charge in [-0.15, -0.1) is 12.6 Å². The minimum atomic E-state index is -0.575. The molecule has 0 aliphatic heterocycles. The van der Waals surface area contributed by atoms with Gasteiger partial charge in [0.05, 0.1) is 17.2 Å². The minimum absolute atomic E-state index is 0.207. The van der Waals surface area contributed by atoms with E-state index in [1.54, 1.807) is 36.4 Å². The number of rotatable bonds is 4. The Kier molecular flexibility index (Phi) is 5.65. The van der Waals surface area contributed by atoms with Crippen LogP contribution in [0.1, 0.15) is 15.9 Å². The van der Waals surface area contributed by atoms with Crippen LogP contribution in [0.4, 0.5) is 10.1 Å². The Labute approximate surface area is 165 Å². The van der Waals surface area contributed by atoms with Crippen LogP contribution in [-0.2, 0) is 0 Å². The Morgan fingerprint density at radius 3 is 2.52 bits per heavy atom. The summed E-state index contributed by atoms with van der Waals surface area (Å²) in [5.41, 5.74) is 0.741. The average Bonchev–Trinajstić information content (AvgIpc) is 2.63. The van der Waals surface area contributed by atoms with Crippen molar-refractivity contribution in [2.75, 3.05) is 5.32 Å². The number of nitrogens with zero attached hydrogens (tertiary/aromatic N) is 1. The molecule has 0 aliphatic rings. The first-order valence-electron chi connectivity index (χ1n) is 7.73. The second-order valence-electron chi connectivity index (χ2n) is 5.53. The van der Waals surface area contributed by atoms with E-state index in [1.165, 1.54) is 24.3 Å². The fourth-order valence-electron chi connectivity index (χ4n) is 2.32. The molecule has 0 saturated carbocycles. The first-order valence-corrected chi connectivity index (χ1v) is 8.55. The SMILES string of the molecule is N#Cc1ccc(S)c(C(=O)Nc2cc(F)cc(Oc3ccc(Cl)cc3)c2)c1. The molecule has 0 aromatic heterocycles. The summed E-state index contributed by atoms with van der Waals surface area (Å²) in [7, 11) is 0. The summed E-state index contributed by atoms with van der Waals surface area (Å²) in [4.78, 5) is 12.9. The summed E-state index contributed by atoms with van der Waals surface area (Å²) in [6, 6.07) is 16.9. The van der Waals surface area contributed by atoms with Crippen LogP contribution in [0.2, 0.25) is 5.02 Å². The van der Waals surface area contributed by atoms with Gasteiger partial charge in [-0.1, -0.05) is 11.6 Å². The Hall–Kier alpha value is -3.01. The van der Waals surface area contributed by atoms with Gasteiger partial charge in [0.25, 0.3) is 5.91 Å². The molecule has 0 aliphatic carbocycles. The smallest absolute Gasteiger partial charge is 0.256 e. The number of thiol groups is 1. The van der Waals surface area contributed by atoms with Gasteiger partial charge < -0.3 is 10.1 Å². The summed E-state index contributed by atoms with van der Waals surface area (Å²) in [5, 5.41) is 12.1. The molecule has 0 radical (unpaired) electrons. The summed E-state index contributed by atoms with van der Waals surface area (Å²) in [6.45, 7) is 0. The van der Waals surface area contributed by atoms with Crippen LogP contribution in [0.25, 0.3) is 0 Å². The molecule has 134 valence electrons. The lowest BCUT2D eigenvalue weighted by Gasteiger charge is -2.11. The molecule has 0 unspecified atom stereocenters. The number of carbonyl (C=O) groups excluding carboxylic acids is 1. The quantitative estimate of drug-likeness (QED) is 0.555. The topological polar surface area (TPSA) is 62.1 Å². The number of nitrogens with one attached hydrogen (secondary N) is 1. The normalized spacial score (nSPS) is 10.1. The molecule has 4 nitrogen and oxygen atoms in total. The van der Waals surface area contributed by atoms with Crippen LogP contribution >= 0.6 is 24.2 Å². The molecule has 1 N–H and O–H groups in total. The Bertz CT molecular complexity index is 1050. The van der Waals surface area contributed by atoms with Crippen molar-refractivity contribution in [3.63, 3.8) is 0 Å². The fraction of sp³-hybridized carbons (Fsp3) is 0. The zero-order chi connectivity index (χ0) is 19.4. The van der Waals surface area contributed by atoms with Crippen molar-refractivity contribution in [1.82, 2.24) is 0 Å². The third-order valence-corrected chi connectivity index (χ3v) is 4.19. The van der Waals surface area contributed by atoms with Crippen LogP contribution < -0.4 is 10.1 Å². The van der Waals surface area contributed by atoms with Crippen molar-refractivity contribution in [3.05, 3.63) is 82.6 Å². The summed E-state index contributed by atoms with van der Waals surface area (Å²) < 4.78 is 19.5. The van der Waals surface area contributed by atoms with Gasteiger partial charge in [-0.25, -0.2) is 4.39 Å². The lowest BCUT2D eigenvalue weighted by molar-refractivity contribution is 0.102. The number of hydrogen-bond donors (Lipinski definition) is 2. The van der Waals surface area contributed by atoms with Crippen molar-refractivity contribution in [3.8, 4) is 17.6 Å². The summed E-state index contributed by atoms with van der Waals surface area (Å²) >= 11 is 10.1. The number of benzene rings is 3. The number of amides is 1. The maximum atomic E-state index is 13.9. The van der Waals surface area contributed by atoms with E-state index in [1.807, 2.05) is 6.07 Å². The van der Waals surface area contributed by atoms with E-state index in [0.717, 1.165) is 0 Å². The van der Waals surface area contributed by atoms with E-state index < -0.39 is 11.7 Å². The van der Waals surface area contributed by atoms with Gasteiger partial charge >= 0.3 is 0 Å². The van der Waals surface area contributed by atoms with Crippen molar-refractivity contribution in [2.24, 2.45) is 0 Å². The minimum Gasteiger partial charge on any atom is -0.457 e. The van der Waals surface area contributed by atoms with Crippen molar-refractivity contribution in [2.45, 2.75) is 4.90 Å². The van der Waals surface area contributed by atoms with E-state index in [-0.39, 0.29) is 17.0 Å². The van der Waals surface area contributed by atoms with Crippen LogP contribution in [-0.4, -0.2) is 5.91 Å². The maximum absolute atomic E-state index is 13.9. The van der Waals surface area contributed by atoms with Crippen molar-refractivity contribution < 1.29 is 13.9 Å². The number of hydrogen-bond acceptors (Lipinski definition) is 4. The number of nitriles is 1. The van der Waals surface area contributed by atoms with E-state index in [2.05, 4.69) is 17.9 Å². The van der Waals surface area contributed by atoms with Gasteiger partial charge in [-0.2, -0.15) is 5.26 Å². The average molecular weight is 399 g/mol. The number of halogens is 2. The molecule has 0 fully saturated rings. The molecule has 3 aromatic rings. The van der Waals surface area contributed by atoms with E-state index >= 15 is 0 Å². The van der Waals surface area contributed by atoms with Gasteiger partial charge in [0, 0.05) is 27.7 Å². The molecule has 0 atom stereocenters. The molecule has 7 heteroatoms. The molecule has 1 amide bonds. The second kappa shape index (κ2) is 8.12. The highest BCUT2D eigenvalue weighted by Crippen LogP contribution is 2.27. The molecule has 0 heterocycles. The molecule has 0 spiro atoms. The Morgan fingerprint density at radius 2 is 1.81 bits per heavy atom. The summed E-state index contributed by atoms with van der Waals surface area (Å²) in [5.74, 6) is -0.403. The molecule has 3 aromatic carbocycles. The van der Waals surface area contributed by atoms with E-state index in [0.29, 0.717) is 21.2 Å². The fourth-order valence-corrected chi connectivity index (χ4v) is 2.69. The van der Waals surface area contributed by atoms with Gasteiger partial charge in [0.1, 0.15) is 17.3 Å². The highest BCUT2D eigenvalue weighted by Gasteiger charge is 2.13. The third-order valence-electron chi connectivity index (χ3n) is 3.55. The number of carbonyl (C=O) groups is 1. The van der Waals surface area contributed by atoms with Crippen LogP contribution in [0.3, 0.4) is 0 Å². The van der Waals surface area contributed by atoms with Crippen LogP contribution in [0.15, 0.2) is 65.6 Å². The highest BCUT2D eigenvalue weighted by molar-refractivity contribution is 7.80. The van der Waals surface area contributed by atoms with Gasteiger partial charge in [0.2, 0.25) is 0 Å². The standard InChI is InChI=1S/C20H12ClFN2O2S/c21-13-2-4-16(5-3-13)26-17-9-14(22)8-15(10-17)24-20(25)18-7-12(11-23)1-6-19(18)27/h1-10,27H,(H,24,25). The van der Waals surface area contributed by atoms with Crippen LogP contribution in [0, 0.1) is 17.1 Å². The predicted molar refractivity (Wildman–Crippen MR) is 104 cm³/mol. The summed E-state index contributed by atoms with van der Waals surface area (Å²) in [6.07, 6.45) is 0. The molecular formula is C20H12ClFN2O2S.